The van der Waals surface area contributed by atoms with E-state index in [9.17, 15) is 0 Å². The van der Waals surface area contributed by atoms with Crippen LogP contribution in [0.4, 0.5) is 11.4 Å². The Morgan fingerprint density at radius 1 is 0.429 bits per heavy atom. The van der Waals surface area contributed by atoms with E-state index in [1.54, 1.807) is 0 Å². The van der Waals surface area contributed by atoms with Crippen molar-refractivity contribution in [1.82, 2.24) is 0 Å². The zero-order valence-electron chi connectivity index (χ0n) is 27.6. The van der Waals surface area contributed by atoms with Gasteiger partial charge in [-0.3, -0.25) is 0 Å². The third-order valence-electron chi connectivity index (χ3n) is 9.62. The summed E-state index contributed by atoms with van der Waals surface area (Å²) in [5.41, 5.74) is 12.3. The quantitative estimate of drug-likeness (QED) is 0.152. The first-order valence-corrected chi connectivity index (χ1v) is 16.9. The molecule has 0 heterocycles. The zero-order valence-corrected chi connectivity index (χ0v) is 27.6. The number of hydrogen-bond donors (Lipinski definition) is 0. The number of allylic oxidation sites excluding steroid dienone is 1. The Morgan fingerprint density at radius 2 is 0.898 bits per heavy atom. The van der Waals surface area contributed by atoms with Crippen LogP contribution in [-0.2, 0) is 6.42 Å². The van der Waals surface area contributed by atoms with Crippen molar-refractivity contribution in [2.75, 3.05) is 11.9 Å². The van der Waals surface area contributed by atoms with Crippen molar-refractivity contribution < 1.29 is 0 Å². The molecule has 0 aliphatic rings. The summed E-state index contributed by atoms with van der Waals surface area (Å²) in [6.07, 6.45) is 3.23. The maximum Gasteiger partial charge on any atom is 0.0408 e. The minimum Gasteiger partial charge on any atom is -0.345 e. The van der Waals surface area contributed by atoms with Gasteiger partial charge in [-0.15, -0.1) is 0 Å². The maximum atomic E-state index is 2.39. The topological polar surface area (TPSA) is 3.24 Å². The highest BCUT2D eigenvalue weighted by molar-refractivity contribution is 5.97. The van der Waals surface area contributed by atoms with E-state index in [4.69, 9.17) is 0 Å². The Bertz CT molecular complexity index is 2370. The zero-order chi connectivity index (χ0) is 33.0. The van der Waals surface area contributed by atoms with Gasteiger partial charge in [-0.25, -0.2) is 0 Å². The number of anilines is 2. The first-order valence-electron chi connectivity index (χ1n) is 16.9. The molecule has 8 aromatic rings. The van der Waals surface area contributed by atoms with Gasteiger partial charge in [-0.05, 0) is 96.7 Å². The lowest BCUT2D eigenvalue weighted by Gasteiger charge is -2.20. The van der Waals surface area contributed by atoms with Crippen LogP contribution in [0.15, 0.2) is 188 Å². The van der Waals surface area contributed by atoms with Crippen LogP contribution >= 0.6 is 0 Å². The molecule has 0 atom stereocenters. The average molecular weight is 628 g/mol. The SMILES string of the molecule is CN(c1ccc(-c2ccccc2)cc1)c1ccc(-c2ccc(/C(=C\c3cccc4ccccc34)Cc3cccc4ccccc34)cc2)cc1. The van der Waals surface area contributed by atoms with Gasteiger partial charge in [0.05, 0.1) is 0 Å². The lowest BCUT2D eigenvalue weighted by molar-refractivity contribution is 1.21. The van der Waals surface area contributed by atoms with Gasteiger partial charge in [0.2, 0.25) is 0 Å². The largest absolute Gasteiger partial charge is 0.345 e. The molecule has 0 spiro atoms. The number of hydrogen-bond acceptors (Lipinski definition) is 1. The van der Waals surface area contributed by atoms with E-state index >= 15 is 0 Å². The summed E-state index contributed by atoms with van der Waals surface area (Å²) in [6, 6.07) is 67.8. The van der Waals surface area contributed by atoms with Crippen molar-refractivity contribution in [1.29, 1.82) is 0 Å². The van der Waals surface area contributed by atoms with E-state index < -0.39 is 0 Å². The molecule has 1 nitrogen and oxygen atoms in total. The predicted octanol–water partition coefficient (Wildman–Crippen LogP) is 12.9. The number of benzene rings is 8. The summed E-state index contributed by atoms with van der Waals surface area (Å²) < 4.78 is 0. The fourth-order valence-electron chi connectivity index (χ4n) is 6.86. The molecule has 0 aromatic heterocycles. The second kappa shape index (κ2) is 13.5. The Balaban J connectivity index is 1.08. The maximum absolute atomic E-state index is 2.39. The molecule has 0 aliphatic heterocycles. The molecule has 0 bridgehead atoms. The van der Waals surface area contributed by atoms with E-state index in [0.29, 0.717) is 0 Å². The molecule has 0 fully saturated rings. The molecule has 234 valence electrons. The van der Waals surface area contributed by atoms with Crippen molar-refractivity contribution in [3.05, 3.63) is 205 Å². The summed E-state index contributed by atoms with van der Waals surface area (Å²) in [7, 11) is 2.13. The van der Waals surface area contributed by atoms with Crippen molar-refractivity contribution in [2.45, 2.75) is 6.42 Å². The van der Waals surface area contributed by atoms with Gasteiger partial charge in [-0.2, -0.15) is 0 Å². The third-order valence-corrected chi connectivity index (χ3v) is 9.62. The number of nitrogens with zero attached hydrogens (tertiary/aromatic N) is 1. The molecular weight excluding hydrogens is 591 g/mol. The fraction of sp³-hybridized carbons (Fsp3) is 0.0417. The van der Waals surface area contributed by atoms with Crippen molar-refractivity contribution in [3.63, 3.8) is 0 Å². The van der Waals surface area contributed by atoms with Crippen LogP contribution in [0.25, 0.3) is 55.4 Å². The molecule has 0 radical (unpaired) electrons. The van der Waals surface area contributed by atoms with Crippen LogP contribution < -0.4 is 4.90 Å². The predicted molar refractivity (Wildman–Crippen MR) is 211 cm³/mol. The van der Waals surface area contributed by atoms with Crippen molar-refractivity contribution in [3.8, 4) is 22.3 Å². The van der Waals surface area contributed by atoms with Gasteiger partial charge in [0.15, 0.2) is 0 Å². The van der Waals surface area contributed by atoms with Gasteiger partial charge < -0.3 is 4.90 Å². The van der Waals surface area contributed by atoms with E-state index in [1.807, 2.05) is 0 Å². The second-order valence-corrected chi connectivity index (χ2v) is 12.6. The van der Waals surface area contributed by atoms with Gasteiger partial charge in [0.1, 0.15) is 0 Å². The summed E-state index contributed by atoms with van der Waals surface area (Å²) in [4.78, 5) is 2.24. The van der Waals surface area contributed by atoms with E-state index in [1.165, 1.54) is 66.1 Å². The number of rotatable bonds is 8. The molecule has 8 aromatic carbocycles. The summed E-state index contributed by atoms with van der Waals surface area (Å²) >= 11 is 0. The Morgan fingerprint density at radius 3 is 1.53 bits per heavy atom. The molecule has 0 saturated carbocycles. The summed E-state index contributed by atoms with van der Waals surface area (Å²) in [5, 5.41) is 5.12. The molecular formula is C48H37N. The van der Waals surface area contributed by atoms with Crippen molar-refractivity contribution >= 4 is 44.6 Å². The first-order chi connectivity index (χ1) is 24.2. The van der Waals surface area contributed by atoms with Crippen LogP contribution in [0.2, 0.25) is 0 Å². The minimum atomic E-state index is 0.845. The second-order valence-electron chi connectivity index (χ2n) is 12.6. The Hall–Kier alpha value is -6.18. The lowest BCUT2D eigenvalue weighted by atomic mass is 9.91. The highest BCUT2D eigenvalue weighted by atomic mass is 15.1. The number of fused-ring (bicyclic) bond motifs is 2. The Kier molecular flexibility index (Phi) is 8.32. The summed E-state index contributed by atoms with van der Waals surface area (Å²) in [6.45, 7) is 0. The van der Waals surface area contributed by atoms with E-state index in [-0.39, 0.29) is 0 Å². The van der Waals surface area contributed by atoms with Crippen LogP contribution in [0, 0.1) is 0 Å². The monoisotopic (exact) mass is 627 g/mol. The standard InChI is InChI=1S/C48H37N/c1-49(45-29-25-37(26-30-45)35-11-3-2-4-12-35)46-31-27-38(28-32-46)36-21-23-39(24-22-36)44(33-42-17-9-15-40-13-5-7-19-47(40)42)34-43-18-10-16-41-14-6-8-20-48(41)43/h2-33H,34H2,1H3/b44-33-. The van der Waals surface area contributed by atoms with E-state index in [2.05, 4.69) is 206 Å². The van der Waals surface area contributed by atoms with Crippen LogP contribution in [-0.4, -0.2) is 7.05 Å². The molecule has 0 unspecified atom stereocenters. The van der Waals surface area contributed by atoms with Crippen molar-refractivity contribution in [2.24, 2.45) is 0 Å². The molecule has 1 heteroatoms. The van der Waals surface area contributed by atoms with Gasteiger partial charge >= 0.3 is 0 Å². The van der Waals surface area contributed by atoms with Gasteiger partial charge in [0.25, 0.3) is 0 Å². The lowest BCUT2D eigenvalue weighted by Crippen LogP contribution is -2.08. The van der Waals surface area contributed by atoms with Crippen LogP contribution in [0.1, 0.15) is 16.7 Å². The van der Waals surface area contributed by atoms with Gasteiger partial charge in [0, 0.05) is 18.4 Å². The fourth-order valence-corrected chi connectivity index (χ4v) is 6.86. The van der Waals surface area contributed by atoms with Crippen LogP contribution in [0.5, 0.6) is 0 Å². The average Bonchev–Trinajstić information content (AvgIpc) is 3.18. The molecule has 0 amide bonds. The molecule has 0 aliphatic carbocycles. The van der Waals surface area contributed by atoms with Crippen LogP contribution in [0.3, 0.4) is 0 Å². The highest BCUT2D eigenvalue weighted by Gasteiger charge is 2.11. The molecule has 8 rings (SSSR count). The minimum absolute atomic E-state index is 0.845. The normalized spacial score (nSPS) is 11.6. The highest BCUT2D eigenvalue weighted by Crippen LogP contribution is 2.33. The first kappa shape index (κ1) is 30.2. The molecule has 0 N–H and O–H groups in total. The summed E-state index contributed by atoms with van der Waals surface area (Å²) in [5.74, 6) is 0. The van der Waals surface area contributed by atoms with Gasteiger partial charge in [-0.1, -0.05) is 170 Å². The smallest absolute Gasteiger partial charge is 0.0408 e. The Labute approximate surface area is 289 Å². The molecule has 0 saturated heterocycles. The molecule has 49 heavy (non-hydrogen) atoms. The van der Waals surface area contributed by atoms with E-state index in [0.717, 1.165) is 17.8 Å². The third kappa shape index (κ3) is 6.40.